The molecule has 0 saturated carbocycles. The molecule has 0 aliphatic heterocycles. The van der Waals surface area contributed by atoms with E-state index in [4.69, 9.17) is 0 Å². The van der Waals surface area contributed by atoms with Gasteiger partial charge in [0, 0.05) is 12.3 Å². The van der Waals surface area contributed by atoms with Gasteiger partial charge in [-0.05, 0) is 19.3 Å². The first-order valence-corrected chi connectivity index (χ1v) is 4.02. The number of Topliss-reactive ketones (excluding diaryl/α,β-unsaturated/α-hetero) is 1. The molecule has 2 nitrogen and oxygen atoms in total. The van der Waals surface area contributed by atoms with E-state index >= 15 is 0 Å². The summed E-state index contributed by atoms with van der Waals surface area (Å²) in [5.74, 6) is 0.572. The average Bonchev–Trinajstić information content (AvgIpc) is 1.87. The van der Waals surface area contributed by atoms with Crippen LogP contribution in [0, 0.1) is 11.8 Å². The Bertz CT molecular complexity index is 138. The van der Waals surface area contributed by atoms with Crippen LogP contribution in [0.25, 0.3) is 0 Å². The average molecular weight is 156 g/mol. The molecule has 1 atom stereocenters. The van der Waals surface area contributed by atoms with Crippen molar-refractivity contribution in [1.29, 1.82) is 0 Å². The van der Waals surface area contributed by atoms with E-state index in [-0.39, 0.29) is 11.7 Å². The maximum absolute atomic E-state index is 10.6. The molecule has 64 valence electrons. The molecule has 0 radical (unpaired) electrons. The lowest BCUT2D eigenvalue weighted by Crippen LogP contribution is -2.11. The first-order chi connectivity index (χ1) is 5.07. The van der Waals surface area contributed by atoms with Crippen LogP contribution in [0.4, 0.5) is 0 Å². The van der Waals surface area contributed by atoms with Gasteiger partial charge in [0.1, 0.15) is 12.1 Å². The topological polar surface area (TPSA) is 34.1 Å². The van der Waals surface area contributed by atoms with Crippen molar-refractivity contribution in [3.63, 3.8) is 0 Å². The maximum atomic E-state index is 10.6. The maximum Gasteiger partial charge on any atom is 0.129 e. The van der Waals surface area contributed by atoms with Crippen molar-refractivity contribution in [1.82, 2.24) is 0 Å². The summed E-state index contributed by atoms with van der Waals surface area (Å²) in [5.41, 5.74) is 0. The predicted molar refractivity (Wildman–Crippen MR) is 44.3 cm³/mol. The van der Waals surface area contributed by atoms with E-state index in [0.29, 0.717) is 18.8 Å². The fourth-order valence-corrected chi connectivity index (χ4v) is 0.928. The molecule has 0 aromatic rings. The summed E-state index contributed by atoms with van der Waals surface area (Å²) in [6, 6.07) is 0. The molecule has 0 N–H and O–H groups in total. The van der Waals surface area contributed by atoms with Crippen LogP contribution < -0.4 is 0 Å². The Morgan fingerprint density at radius 3 is 2.27 bits per heavy atom. The first kappa shape index (κ1) is 10.3. The fourth-order valence-electron chi connectivity index (χ4n) is 0.928. The number of aldehydes is 1. The smallest absolute Gasteiger partial charge is 0.129 e. The Kier molecular flexibility index (Phi) is 4.75. The molecule has 0 bridgehead atoms. The minimum Gasteiger partial charge on any atom is -0.303 e. The molecule has 0 aromatic heterocycles. The van der Waals surface area contributed by atoms with Gasteiger partial charge in [-0.2, -0.15) is 0 Å². The number of rotatable bonds is 5. The number of ketones is 1. The van der Waals surface area contributed by atoms with Crippen molar-refractivity contribution in [3.8, 4) is 0 Å². The molecular weight excluding hydrogens is 140 g/mol. The van der Waals surface area contributed by atoms with E-state index in [0.717, 1.165) is 6.29 Å². The quantitative estimate of drug-likeness (QED) is 0.569. The summed E-state index contributed by atoms with van der Waals surface area (Å²) >= 11 is 0. The van der Waals surface area contributed by atoms with Crippen molar-refractivity contribution >= 4 is 12.1 Å². The zero-order chi connectivity index (χ0) is 8.85. The predicted octanol–water partition coefficient (Wildman–Crippen LogP) is 1.83. The third-order valence-electron chi connectivity index (χ3n) is 1.86. The van der Waals surface area contributed by atoms with E-state index in [1.54, 1.807) is 6.92 Å². The van der Waals surface area contributed by atoms with E-state index < -0.39 is 0 Å². The molecule has 11 heavy (non-hydrogen) atoms. The Morgan fingerprint density at radius 1 is 1.45 bits per heavy atom. The summed E-state index contributed by atoms with van der Waals surface area (Å²) < 4.78 is 0. The van der Waals surface area contributed by atoms with Gasteiger partial charge in [0.2, 0.25) is 0 Å². The Balaban J connectivity index is 3.69. The zero-order valence-corrected chi connectivity index (χ0v) is 7.46. The highest BCUT2D eigenvalue weighted by molar-refractivity contribution is 5.75. The number of hydrogen-bond donors (Lipinski definition) is 0. The number of carbonyl (C=O) groups excluding carboxylic acids is 2. The highest BCUT2D eigenvalue weighted by atomic mass is 16.1. The number of carbonyl (C=O) groups is 2. The van der Waals surface area contributed by atoms with E-state index in [9.17, 15) is 9.59 Å². The first-order valence-electron chi connectivity index (χ1n) is 4.02. The molecule has 0 heterocycles. The summed E-state index contributed by atoms with van der Waals surface area (Å²) in [6.45, 7) is 5.56. The van der Waals surface area contributed by atoms with Crippen molar-refractivity contribution in [2.75, 3.05) is 0 Å². The van der Waals surface area contributed by atoms with E-state index in [1.165, 1.54) is 0 Å². The molecule has 0 aromatic carbocycles. The molecule has 2 heteroatoms. The van der Waals surface area contributed by atoms with Gasteiger partial charge < -0.3 is 9.59 Å². The lowest BCUT2D eigenvalue weighted by atomic mass is 9.92. The van der Waals surface area contributed by atoms with Gasteiger partial charge in [0.05, 0.1) is 0 Å². The molecule has 0 rings (SSSR count). The van der Waals surface area contributed by atoms with Crippen molar-refractivity contribution < 1.29 is 9.59 Å². The van der Waals surface area contributed by atoms with Crippen LogP contribution in [0.1, 0.15) is 33.6 Å². The molecule has 1 unspecified atom stereocenters. The normalized spacial score (nSPS) is 13.1. The Labute approximate surface area is 68.0 Å². The second-order valence-electron chi connectivity index (χ2n) is 3.28. The standard InChI is InChI=1S/C9H16O2/c1-7(2)9(6-10)5-4-8(3)11/h6-7,9H,4-5H2,1-3H3. The monoisotopic (exact) mass is 156 g/mol. The second-order valence-corrected chi connectivity index (χ2v) is 3.28. The van der Waals surface area contributed by atoms with Crippen LogP contribution in [0.5, 0.6) is 0 Å². The van der Waals surface area contributed by atoms with Gasteiger partial charge in [-0.1, -0.05) is 13.8 Å². The molecule has 0 aliphatic carbocycles. The van der Waals surface area contributed by atoms with Crippen LogP contribution in [0.2, 0.25) is 0 Å². The highest BCUT2D eigenvalue weighted by Crippen LogP contribution is 2.14. The van der Waals surface area contributed by atoms with E-state index in [2.05, 4.69) is 0 Å². The van der Waals surface area contributed by atoms with Crippen LogP contribution >= 0.6 is 0 Å². The van der Waals surface area contributed by atoms with Crippen molar-refractivity contribution in [3.05, 3.63) is 0 Å². The Hall–Kier alpha value is -0.660. The summed E-state index contributed by atoms with van der Waals surface area (Å²) in [4.78, 5) is 21.0. The third-order valence-corrected chi connectivity index (χ3v) is 1.86. The lowest BCUT2D eigenvalue weighted by Gasteiger charge is -2.11. The van der Waals surface area contributed by atoms with Gasteiger partial charge in [0.15, 0.2) is 0 Å². The zero-order valence-electron chi connectivity index (χ0n) is 7.46. The molecular formula is C9H16O2. The molecule has 0 amide bonds. The van der Waals surface area contributed by atoms with Crippen LogP contribution in [0.15, 0.2) is 0 Å². The van der Waals surface area contributed by atoms with Gasteiger partial charge in [-0.15, -0.1) is 0 Å². The SMILES string of the molecule is CC(=O)CCC(C=O)C(C)C. The number of hydrogen-bond acceptors (Lipinski definition) is 2. The van der Waals surface area contributed by atoms with Crippen LogP contribution in [-0.4, -0.2) is 12.1 Å². The van der Waals surface area contributed by atoms with Gasteiger partial charge in [0.25, 0.3) is 0 Å². The minimum atomic E-state index is 0.0545. The Morgan fingerprint density at radius 2 is 2.00 bits per heavy atom. The van der Waals surface area contributed by atoms with Crippen LogP contribution in [-0.2, 0) is 9.59 Å². The summed E-state index contributed by atoms with van der Waals surface area (Å²) in [6.07, 6.45) is 2.19. The van der Waals surface area contributed by atoms with Crippen molar-refractivity contribution in [2.45, 2.75) is 33.6 Å². The summed E-state index contributed by atoms with van der Waals surface area (Å²) in [5, 5.41) is 0. The van der Waals surface area contributed by atoms with Crippen molar-refractivity contribution in [2.24, 2.45) is 11.8 Å². The largest absolute Gasteiger partial charge is 0.303 e. The van der Waals surface area contributed by atoms with E-state index in [1.807, 2.05) is 13.8 Å². The third kappa shape index (κ3) is 4.71. The minimum absolute atomic E-state index is 0.0545. The fraction of sp³-hybridized carbons (Fsp3) is 0.778. The highest BCUT2D eigenvalue weighted by Gasteiger charge is 2.12. The molecule has 0 fully saturated rings. The van der Waals surface area contributed by atoms with Crippen LogP contribution in [0.3, 0.4) is 0 Å². The molecule has 0 spiro atoms. The van der Waals surface area contributed by atoms with Gasteiger partial charge >= 0.3 is 0 Å². The lowest BCUT2D eigenvalue weighted by molar-refractivity contribution is -0.117. The molecule has 0 aliphatic rings. The molecule has 0 saturated heterocycles. The van der Waals surface area contributed by atoms with Gasteiger partial charge in [-0.25, -0.2) is 0 Å². The van der Waals surface area contributed by atoms with Gasteiger partial charge in [-0.3, -0.25) is 0 Å². The summed E-state index contributed by atoms with van der Waals surface area (Å²) in [7, 11) is 0. The second kappa shape index (κ2) is 5.05.